The third-order valence-corrected chi connectivity index (χ3v) is 4.06. The van der Waals surface area contributed by atoms with E-state index in [1.54, 1.807) is 17.7 Å². The first-order valence-corrected chi connectivity index (χ1v) is 7.19. The average Bonchev–Trinajstić information content (AvgIpc) is 2.66. The number of aromatic carboxylic acids is 1. The maximum atomic E-state index is 13.2. The van der Waals surface area contributed by atoms with E-state index in [2.05, 4.69) is 5.10 Å². The maximum Gasteiger partial charge on any atom is 0.357 e. The van der Waals surface area contributed by atoms with E-state index in [0.29, 0.717) is 14.8 Å². The van der Waals surface area contributed by atoms with Gasteiger partial charge in [-0.1, -0.05) is 13.8 Å². The molecule has 1 N–H and O–H groups in total. The van der Waals surface area contributed by atoms with Gasteiger partial charge in [0.05, 0.1) is 15.0 Å². The molecular weight excluding hydrogens is 374 g/mol. The Morgan fingerprint density at radius 2 is 2.10 bits per heavy atom. The van der Waals surface area contributed by atoms with E-state index in [0.717, 1.165) is 5.69 Å². The lowest BCUT2D eigenvalue weighted by atomic mass is 10.1. The fourth-order valence-corrected chi connectivity index (χ4v) is 3.28. The van der Waals surface area contributed by atoms with Crippen molar-refractivity contribution in [1.29, 1.82) is 0 Å². The molecule has 0 aliphatic carbocycles. The van der Waals surface area contributed by atoms with Crippen LogP contribution in [0.1, 0.15) is 41.5 Å². The van der Waals surface area contributed by atoms with Crippen LogP contribution in [0.3, 0.4) is 0 Å². The van der Waals surface area contributed by atoms with Gasteiger partial charge >= 0.3 is 5.97 Å². The molecule has 0 atom stereocenters. The number of carboxylic acids is 1. The summed E-state index contributed by atoms with van der Waals surface area (Å²) in [5.41, 5.74) is 2.25. The molecule has 0 radical (unpaired) electrons. The second kappa shape index (κ2) is 5.51. The second-order valence-corrected chi connectivity index (χ2v) is 5.93. The molecule has 1 aromatic heterocycles. The fourth-order valence-electron chi connectivity index (χ4n) is 2.09. The van der Waals surface area contributed by atoms with Crippen molar-refractivity contribution in [1.82, 2.24) is 9.78 Å². The minimum atomic E-state index is -1.06. The molecule has 106 valence electrons. The molecule has 0 unspecified atom stereocenters. The minimum absolute atomic E-state index is 0.0259. The zero-order valence-electron chi connectivity index (χ0n) is 11.3. The van der Waals surface area contributed by atoms with Crippen LogP contribution in [0.5, 0.6) is 0 Å². The Morgan fingerprint density at radius 3 is 2.60 bits per heavy atom. The van der Waals surface area contributed by atoms with E-state index in [4.69, 9.17) is 0 Å². The third-order valence-electron chi connectivity index (χ3n) is 3.00. The first-order valence-electron chi connectivity index (χ1n) is 6.11. The van der Waals surface area contributed by atoms with Crippen molar-refractivity contribution in [3.8, 4) is 5.69 Å². The van der Waals surface area contributed by atoms with Crippen LogP contribution in [0.2, 0.25) is 0 Å². The summed E-state index contributed by atoms with van der Waals surface area (Å²) in [5.74, 6) is -1.28. The monoisotopic (exact) mass is 388 g/mol. The molecule has 0 fully saturated rings. The highest BCUT2D eigenvalue weighted by molar-refractivity contribution is 14.1. The first kappa shape index (κ1) is 15.0. The molecule has 0 aliphatic heterocycles. The van der Waals surface area contributed by atoms with Gasteiger partial charge in [0.15, 0.2) is 5.69 Å². The van der Waals surface area contributed by atoms with E-state index < -0.39 is 5.97 Å². The Hall–Kier alpha value is -1.44. The normalized spacial score (nSPS) is 11.1. The lowest BCUT2D eigenvalue weighted by molar-refractivity contribution is 0.0689. The molecule has 0 saturated carbocycles. The maximum absolute atomic E-state index is 13.2. The predicted molar refractivity (Wildman–Crippen MR) is 82.0 cm³/mol. The van der Waals surface area contributed by atoms with Crippen LogP contribution in [0.15, 0.2) is 18.2 Å². The Balaban J connectivity index is 2.73. The molecule has 0 bridgehead atoms. The van der Waals surface area contributed by atoms with Crippen LogP contribution >= 0.6 is 22.6 Å². The van der Waals surface area contributed by atoms with Gasteiger partial charge in [-0.15, -0.1) is 0 Å². The lowest BCUT2D eigenvalue weighted by Crippen LogP contribution is -2.07. The first-order chi connectivity index (χ1) is 9.32. The van der Waals surface area contributed by atoms with Gasteiger partial charge in [-0.25, -0.2) is 13.9 Å². The Labute approximate surface area is 129 Å². The summed E-state index contributed by atoms with van der Waals surface area (Å²) in [6.45, 7) is 5.72. The molecule has 2 aromatic rings. The van der Waals surface area contributed by atoms with Crippen LogP contribution in [0.4, 0.5) is 4.39 Å². The van der Waals surface area contributed by atoms with E-state index in [-0.39, 0.29) is 17.4 Å². The average molecular weight is 388 g/mol. The van der Waals surface area contributed by atoms with E-state index in [1.165, 1.54) is 12.1 Å². The number of rotatable bonds is 3. The number of nitrogens with zero attached hydrogens (tertiary/aromatic N) is 2. The minimum Gasteiger partial charge on any atom is -0.476 e. The summed E-state index contributed by atoms with van der Waals surface area (Å²) < 4.78 is 15.4. The molecule has 0 saturated heterocycles. The van der Waals surface area contributed by atoms with Gasteiger partial charge in [-0.05, 0) is 59.2 Å². The zero-order valence-corrected chi connectivity index (χ0v) is 13.5. The van der Waals surface area contributed by atoms with Crippen LogP contribution < -0.4 is 0 Å². The van der Waals surface area contributed by atoms with Gasteiger partial charge in [0.1, 0.15) is 5.82 Å². The Bertz CT molecular complexity index is 680. The summed E-state index contributed by atoms with van der Waals surface area (Å²) in [6, 6.07) is 4.38. The van der Waals surface area contributed by atoms with Crippen molar-refractivity contribution in [2.24, 2.45) is 0 Å². The molecule has 4 nitrogen and oxygen atoms in total. The van der Waals surface area contributed by atoms with Gasteiger partial charge < -0.3 is 5.11 Å². The summed E-state index contributed by atoms with van der Waals surface area (Å²) in [5, 5.41) is 13.4. The van der Waals surface area contributed by atoms with Crippen molar-refractivity contribution < 1.29 is 14.3 Å². The Kier molecular flexibility index (Phi) is 4.12. The van der Waals surface area contributed by atoms with Crippen molar-refractivity contribution >= 4 is 28.6 Å². The second-order valence-electron chi connectivity index (χ2n) is 4.85. The van der Waals surface area contributed by atoms with Crippen LogP contribution in [-0.4, -0.2) is 20.9 Å². The van der Waals surface area contributed by atoms with Gasteiger partial charge in [-0.2, -0.15) is 5.10 Å². The van der Waals surface area contributed by atoms with E-state index in [9.17, 15) is 14.3 Å². The number of aryl methyl sites for hydroxylation is 1. The largest absolute Gasteiger partial charge is 0.476 e. The van der Waals surface area contributed by atoms with Crippen LogP contribution in [-0.2, 0) is 0 Å². The summed E-state index contributed by atoms with van der Waals surface area (Å²) in [6.07, 6.45) is 0. The SMILES string of the molecule is Cc1cc(F)ccc1-n1nc(C(=O)O)c(I)c1C(C)C. The third kappa shape index (κ3) is 2.56. The van der Waals surface area contributed by atoms with Crippen LogP contribution in [0.25, 0.3) is 5.69 Å². The van der Waals surface area contributed by atoms with Crippen LogP contribution in [0, 0.1) is 16.3 Å². The molecule has 6 heteroatoms. The number of aromatic nitrogens is 2. The van der Waals surface area contributed by atoms with E-state index in [1.807, 2.05) is 36.4 Å². The van der Waals surface area contributed by atoms with Gasteiger partial charge in [0.25, 0.3) is 0 Å². The van der Waals surface area contributed by atoms with Crippen molar-refractivity contribution in [2.45, 2.75) is 26.7 Å². The number of carboxylic acid groups (broad SMARTS) is 1. The molecule has 0 amide bonds. The summed E-state index contributed by atoms with van der Waals surface area (Å²) >= 11 is 2.00. The topological polar surface area (TPSA) is 55.1 Å². The number of hydrogen-bond donors (Lipinski definition) is 1. The molecule has 20 heavy (non-hydrogen) atoms. The van der Waals surface area contributed by atoms with Gasteiger partial charge in [0, 0.05) is 0 Å². The zero-order chi connectivity index (χ0) is 15.0. The van der Waals surface area contributed by atoms with Crippen molar-refractivity contribution in [3.05, 3.63) is 44.5 Å². The molecule has 0 aliphatic rings. The Morgan fingerprint density at radius 1 is 1.45 bits per heavy atom. The number of halogens is 2. The highest BCUT2D eigenvalue weighted by Crippen LogP contribution is 2.28. The fraction of sp³-hybridized carbons (Fsp3) is 0.286. The van der Waals surface area contributed by atoms with Crippen molar-refractivity contribution in [3.63, 3.8) is 0 Å². The van der Waals surface area contributed by atoms with Gasteiger partial charge in [0.2, 0.25) is 0 Å². The molecule has 1 aromatic carbocycles. The molecule has 2 rings (SSSR count). The molecular formula is C14H14FIN2O2. The summed E-state index contributed by atoms with van der Waals surface area (Å²) in [7, 11) is 0. The number of hydrogen-bond acceptors (Lipinski definition) is 2. The standard InChI is InChI=1S/C14H14FIN2O2/c1-7(2)13-11(16)12(14(19)20)17-18(13)10-5-4-9(15)6-8(10)3/h4-7H,1-3H3,(H,19,20). The number of carbonyl (C=O) groups is 1. The van der Waals surface area contributed by atoms with E-state index >= 15 is 0 Å². The molecule has 0 spiro atoms. The predicted octanol–water partition coefficient (Wildman–Crippen LogP) is 3.75. The summed E-state index contributed by atoms with van der Waals surface area (Å²) in [4.78, 5) is 11.2. The quantitative estimate of drug-likeness (QED) is 0.816. The highest BCUT2D eigenvalue weighted by atomic mass is 127. The van der Waals surface area contributed by atoms with Crippen molar-refractivity contribution in [2.75, 3.05) is 0 Å². The number of benzene rings is 1. The lowest BCUT2D eigenvalue weighted by Gasteiger charge is -2.13. The highest BCUT2D eigenvalue weighted by Gasteiger charge is 2.24. The van der Waals surface area contributed by atoms with Gasteiger partial charge in [-0.3, -0.25) is 0 Å². The molecule has 1 heterocycles. The smallest absolute Gasteiger partial charge is 0.357 e.